The highest BCUT2D eigenvalue weighted by Crippen LogP contribution is 2.02. The van der Waals surface area contributed by atoms with Crippen molar-refractivity contribution in [2.45, 2.75) is 17.9 Å². The lowest BCUT2D eigenvalue weighted by Crippen LogP contribution is -2.25. The Morgan fingerprint density at radius 2 is 2.33 bits per heavy atom. The first kappa shape index (κ1) is 12.2. The molecule has 0 saturated heterocycles. The van der Waals surface area contributed by atoms with Crippen LogP contribution in [0, 0.1) is 0 Å². The zero-order chi connectivity index (χ0) is 11.1. The van der Waals surface area contributed by atoms with Crippen LogP contribution in [0.1, 0.15) is 12.8 Å². The number of nitrogens with one attached hydrogen (secondary N) is 2. The molecular formula is C8H15N3O3S. The monoisotopic (exact) mass is 233 g/mol. The van der Waals surface area contributed by atoms with Gasteiger partial charge >= 0.3 is 0 Å². The van der Waals surface area contributed by atoms with E-state index in [1.165, 1.54) is 12.3 Å². The van der Waals surface area contributed by atoms with Crippen LogP contribution in [0.3, 0.4) is 0 Å². The van der Waals surface area contributed by atoms with Crippen LogP contribution in [0.2, 0.25) is 0 Å². The van der Waals surface area contributed by atoms with Crippen LogP contribution < -0.4 is 4.72 Å². The topological polar surface area (TPSA) is 84.1 Å². The smallest absolute Gasteiger partial charge is 0.257 e. The van der Waals surface area contributed by atoms with Crippen molar-refractivity contribution < 1.29 is 13.2 Å². The minimum atomic E-state index is -3.41. The molecule has 7 heteroatoms. The van der Waals surface area contributed by atoms with Crippen LogP contribution in [0.15, 0.2) is 17.3 Å². The van der Waals surface area contributed by atoms with E-state index in [2.05, 4.69) is 14.9 Å². The van der Waals surface area contributed by atoms with Crippen LogP contribution in [-0.2, 0) is 14.8 Å². The first-order valence-corrected chi connectivity index (χ1v) is 6.13. The number of H-pyrrole nitrogens is 1. The molecule has 0 bridgehead atoms. The number of aromatic amines is 1. The molecule has 6 nitrogen and oxygen atoms in total. The number of methoxy groups -OCH3 is 1. The van der Waals surface area contributed by atoms with E-state index in [1.54, 1.807) is 7.11 Å². The van der Waals surface area contributed by atoms with Gasteiger partial charge in [-0.2, -0.15) is 5.10 Å². The summed E-state index contributed by atoms with van der Waals surface area (Å²) in [5.41, 5.74) is 0. The molecule has 0 saturated carbocycles. The fraction of sp³-hybridized carbons (Fsp3) is 0.625. The lowest BCUT2D eigenvalue weighted by molar-refractivity contribution is 0.193. The quantitative estimate of drug-likeness (QED) is 0.655. The largest absolute Gasteiger partial charge is 0.385 e. The molecule has 0 aliphatic rings. The Bertz CT molecular complexity index is 360. The molecule has 1 rings (SSSR count). The summed E-state index contributed by atoms with van der Waals surface area (Å²) in [7, 11) is -1.79. The van der Waals surface area contributed by atoms with E-state index in [0.717, 1.165) is 12.8 Å². The molecule has 86 valence electrons. The summed E-state index contributed by atoms with van der Waals surface area (Å²) >= 11 is 0. The molecule has 1 aromatic heterocycles. The first-order chi connectivity index (χ1) is 7.17. The molecule has 0 radical (unpaired) electrons. The molecule has 0 unspecified atom stereocenters. The highest BCUT2D eigenvalue weighted by Gasteiger charge is 2.13. The van der Waals surface area contributed by atoms with Crippen molar-refractivity contribution in [3.05, 3.63) is 12.3 Å². The van der Waals surface area contributed by atoms with Crippen molar-refractivity contribution >= 4 is 10.0 Å². The SMILES string of the molecule is COCCCCNS(=O)(=O)c1ccn[nH]1. The number of rotatable bonds is 7. The molecule has 0 amide bonds. The maximum atomic E-state index is 11.5. The van der Waals surface area contributed by atoms with Crippen LogP contribution in [0.4, 0.5) is 0 Å². The molecular weight excluding hydrogens is 218 g/mol. The van der Waals surface area contributed by atoms with E-state index in [9.17, 15) is 8.42 Å². The van der Waals surface area contributed by atoms with Gasteiger partial charge in [0.1, 0.15) is 0 Å². The summed E-state index contributed by atoms with van der Waals surface area (Å²) in [4.78, 5) is 0. The van der Waals surface area contributed by atoms with Crippen molar-refractivity contribution in [2.24, 2.45) is 0 Å². The van der Waals surface area contributed by atoms with Gasteiger partial charge in [0.05, 0.1) is 6.20 Å². The maximum Gasteiger partial charge on any atom is 0.257 e. The molecule has 15 heavy (non-hydrogen) atoms. The van der Waals surface area contributed by atoms with E-state index in [1.807, 2.05) is 0 Å². The van der Waals surface area contributed by atoms with Gasteiger partial charge in [0.2, 0.25) is 0 Å². The minimum absolute atomic E-state index is 0.0919. The molecule has 0 atom stereocenters. The second-order valence-electron chi connectivity index (χ2n) is 3.02. The molecule has 1 aromatic rings. The molecule has 0 spiro atoms. The van der Waals surface area contributed by atoms with E-state index in [4.69, 9.17) is 4.74 Å². The van der Waals surface area contributed by atoms with Crippen molar-refractivity contribution in [1.82, 2.24) is 14.9 Å². The van der Waals surface area contributed by atoms with Crippen molar-refractivity contribution in [2.75, 3.05) is 20.3 Å². The summed E-state index contributed by atoms with van der Waals surface area (Å²) in [5.74, 6) is 0. The van der Waals surface area contributed by atoms with E-state index >= 15 is 0 Å². The van der Waals surface area contributed by atoms with Gasteiger partial charge in [-0.05, 0) is 18.9 Å². The molecule has 2 N–H and O–H groups in total. The number of unbranched alkanes of at least 4 members (excludes halogenated alkanes) is 1. The summed E-state index contributed by atoms with van der Waals surface area (Å²) < 4.78 is 30.3. The van der Waals surface area contributed by atoms with Crippen molar-refractivity contribution in [3.8, 4) is 0 Å². The van der Waals surface area contributed by atoms with Gasteiger partial charge in [0.15, 0.2) is 5.03 Å². The average molecular weight is 233 g/mol. The van der Waals surface area contributed by atoms with Gasteiger partial charge in [-0.3, -0.25) is 5.10 Å². The van der Waals surface area contributed by atoms with Gasteiger partial charge in [-0.15, -0.1) is 0 Å². The van der Waals surface area contributed by atoms with Gasteiger partial charge in [-0.25, -0.2) is 13.1 Å². The van der Waals surface area contributed by atoms with Gasteiger partial charge < -0.3 is 4.74 Å². The predicted octanol–water partition coefficient (Wildman–Crippen LogP) is 0.115. The third kappa shape index (κ3) is 3.98. The highest BCUT2D eigenvalue weighted by molar-refractivity contribution is 7.89. The summed E-state index contributed by atoms with van der Waals surface area (Å²) in [6, 6.07) is 1.41. The Kier molecular flexibility index (Phi) is 4.73. The van der Waals surface area contributed by atoms with Crippen LogP contribution in [-0.4, -0.2) is 38.9 Å². The van der Waals surface area contributed by atoms with Crippen molar-refractivity contribution in [3.63, 3.8) is 0 Å². The zero-order valence-corrected chi connectivity index (χ0v) is 9.38. The maximum absolute atomic E-state index is 11.5. The predicted molar refractivity (Wildman–Crippen MR) is 54.9 cm³/mol. The fourth-order valence-corrected chi connectivity index (χ4v) is 2.03. The number of sulfonamides is 1. The molecule has 0 fully saturated rings. The van der Waals surface area contributed by atoms with Crippen LogP contribution in [0.5, 0.6) is 0 Å². The first-order valence-electron chi connectivity index (χ1n) is 4.65. The van der Waals surface area contributed by atoms with Gasteiger partial charge in [0, 0.05) is 20.3 Å². The Morgan fingerprint density at radius 1 is 1.53 bits per heavy atom. The summed E-state index contributed by atoms with van der Waals surface area (Å²) in [5, 5.41) is 6.08. The van der Waals surface area contributed by atoms with Crippen LogP contribution >= 0.6 is 0 Å². The second kappa shape index (κ2) is 5.84. The number of aromatic nitrogens is 2. The van der Waals surface area contributed by atoms with Gasteiger partial charge in [-0.1, -0.05) is 0 Å². The van der Waals surface area contributed by atoms with E-state index in [-0.39, 0.29) is 5.03 Å². The Hall–Kier alpha value is -0.920. The molecule has 0 aliphatic carbocycles. The molecule has 0 aliphatic heterocycles. The number of ether oxygens (including phenoxy) is 1. The summed E-state index contributed by atoms with van der Waals surface area (Å²) in [6.45, 7) is 1.05. The zero-order valence-electron chi connectivity index (χ0n) is 8.56. The molecule has 0 aromatic carbocycles. The number of nitrogens with zero attached hydrogens (tertiary/aromatic N) is 1. The normalized spacial score (nSPS) is 11.8. The van der Waals surface area contributed by atoms with Gasteiger partial charge in [0.25, 0.3) is 10.0 Å². The average Bonchev–Trinajstić information content (AvgIpc) is 2.70. The molecule has 1 heterocycles. The third-order valence-electron chi connectivity index (χ3n) is 1.83. The standard InChI is InChI=1S/C8H15N3O3S/c1-14-7-3-2-5-10-15(12,13)8-4-6-9-11-8/h4,6,10H,2-3,5,7H2,1H3,(H,9,11). The Balaban J connectivity index is 2.32. The number of hydrogen-bond acceptors (Lipinski definition) is 4. The number of hydrogen-bond donors (Lipinski definition) is 2. The lowest BCUT2D eigenvalue weighted by atomic mass is 10.3. The highest BCUT2D eigenvalue weighted by atomic mass is 32.2. The summed E-state index contributed by atoms with van der Waals surface area (Å²) in [6.07, 6.45) is 2.99. The van der Waals surface area contributed by atoms with E-state index in [0.29, 0.717) is 13.2 Å². The Labute approximate surface area is 89.1 Å². The second-order valence-corrected chi connectivity index (χ2v) is 4.75. The third-order valence-corrected chi connectivity index (χ3v) is 3.22. The van der Waals surface area contributed by atoms with E-state index < -0.39 is 10.0 Å². The lowest BCUT2D eigenvalue weighted by Gasteiger charge is -2.03. The fourth-order valence-electron chi connectivity index (χ4n) is 1.05. The van der Waals surface area contributed by atoms with Crippen LogP contribution in [0.25, 0.3) is 0 Å². The van der Waals surface area contributed by atoms with Crippen molar-refractivity contribution in [1.29, 1.82) is 0 Å². The minimum Gasteiger partial charge on any atom is -0.385 e. The Morgan fingerprint density at radius 3 is 2.93 bits per heavy atom.